The van der Waals surface area contributed by atoms with Crippen LogP contribution < -0.4 is 20.1 Å². The predicted octanol–water partition coefficient (Wildman–Crippen LogP) is 2.93. The van der Waals surface area contributed by atoms with Gasteiger partial charge in [0.1, 0.15) is 23.6 Å². The standard InChI is InChI=1S/C24H26N6O3/c1-32-18-8-9-19(21(14-18)33-2)24(31)26-12-13-30-23-20(15-29-30)22(27-16-28-23)25-11-10-17-6-4-3-5-7-17/h3-9,14-16H,10-13H2,1-2H3,(H,26,31)(H,25,27,28). The van der Waals surface area contributed by atoms with Gasteiger partial charge in [-0.05, 0) is 24.1 Å². The number of benzene rings is 2. The Labute approximate surface area is 191 Å². The molecule has 9 heteroatoms. The molecule has 0 spiro atoms. The summed E-state index contributed by atoms with van der Waals surface area (Å²) >= 11 is 0. The minimum atomic E-state index is -0.233. The number of nitrogens with zero attached hydrogens (tertiary/aromatic N) is 4. The third-order valence-corrected chi connectivity index (χ3v) is 5.25. The van der Waals surface area contributed by atoms with Crippen LogP contribution in [0.2, 0.25) is 0 Å². The molecule has 9 nitrogen and oxygen atoms in total. The molecule has 2 aromatic heterocycles. The van der Waals surface area contributed by atoms with Gasteiger partial charge in [0.15, 0.2) is 5.65 Å². The van der Waals surface area contributed by atoms with E-state index in [2.05, 4.69) is 37.8 Å². The summed E-state index contributed by atoms with van der Waals surface area (Å²) in [5.74, 6) is 1.59. The first-order valence-corrected chi connectivity index (χ1v) is 10.6. The Morgan fingerprint density at radius 2 is 1.88 bits per heavy atom. The van der Waals surface area contributed by atoms with E-state index in [0.29, 0.717) is 35.8 Å². The fourth-order valence-corrected chi connectivity index (χ4v) is 3.52. The van der Waals surface area contributed by atoms with Crippen LogP contribution in [0.4, 0.5) is 5.82 Å². The van der Waals surface area contributed by atoms with Crippen LogP contribution in [0, 0.1) is 0 Å². The van der Waals surface area contributed by atoms with Crippen molar-refractivity contribution in [3.63, 3.8) is 0 Å². The first kappa shape index (κ1) is 22.1. The van der Waals surface area contributed by atoms with E-state index in [9.17, 15) is 4.79 Å². The molecular weight excluding hydrogens is 420 g/mol. The summed E-state index contributed by atoms with van der Waals surface area (Å²) in [7, 11) is 3.09. The SMILES string of the molecule is COc1ccc(C(=O)NCCn2ncc3c(NCCc4ccccc4)ncnc32)c(OC)c1. The van der Waals surface area contributed by atoms with Crippen molar-refractivity contribution in [3.8, 4) is 11.5 Å². The Bertz CT molecular complexity index is 1230. The highest BCUT2D eigenvalue weighted by Gasteiger charge is 2.14. The molecule has 33 heavy (non-hydrogen) atoms. The van der Waals surface area contributed by atoms with Gasteiger partial charge in [-0.25, -0.2) is 14.6 Å². The summed E-state index contributed by atoms with van der Waals surface area (Å²) in [4.78, 5) is 21.3. The number of nitrogens with one attached hydrogen (secondary N) is 2. The molecule has 2 N–H and O–H groups in total. The summed E-state index contributed by atoms with van der Waals surface area (Å²) in [5, 5.41) is 11.5. The van der Waals surface area contributed by atoms with Crippen LogP contribution in [-0.4, -0.2) is 53.0 Å². The van der Waals surface area contributed by atoms with E-state index < -0.39 is 0 Å². The van der Waals surface area contributed by atoms with E-state index in [1.807, 2.05) is 18.2 Å². The minimum Gasteiger partial charge on any atom is -0.497 e. The molecule has 0 bridgehead atoms. The molecule has 2 aromatic carbocycles. The largest absolute Gasteiger partial charge is 0.497 e. The molecule has 0 aliphatic rings. The fraction of sp³-hybridized carbons (Fsp3) is 0.250. The average Bonchev–Trinajstić information content (AvgIpc) is 3.28. The Morgan fingerprint density at radius 1 is 1.03 bits per heavy atom. The number of methoxy groups -OCH3 is 2. The van der Waals surface area contributed by atoms with Crippen LogP contribution in [0.3, 0.4) is 0 Å². The smallest absolute Gasteiger partial charge is 0.255 e. The van der Waals surface area contributed by atoms with Crippen molar-refractivity contribution in [3.05, 3.63) is 72.2 Å². The summed E-state index contributed by atoms with van der Waals surface area (Å²) < 4.78 is 12.2. The second-order valence-corrected chi connectivity index (χ2v) is 7.31. The van der Waals surface area contributed by atoms with Gasteiger partial charge in [-0.3, -0.25) is 4.79 Å². The quantitative estimate of drug-likeness (QED) is 0.386. The van der Waals surface area contributed by atoms with Crippen molar-refractivity contribution in [2.45, 2.75) is 13.0 Å². The van der Waals surface area contributed by atoms with E-state index in [-0.39, 0.29) is 5.91 Å². The fourth-order valence-electron chi connectivity index (χ4n) is 3.52. The number of ether oxygens (including phenoxy) is 2. The Hall–Kier alpha value is -4.14. The maximum Gasteiger partial charge on any atom is 0.255 e. The summed E-state index contributed by atoms with van der Waals surface area (Å²) in [6.45, 7) is 1.60. The van der Waals surface area contributed by atoms with Crippen LogP contribution in [0.1, 0.15) is 15.9 Å². The van der Waals surface area contributed by atoms with Crippen molar-refractivity contribution in [2.24, 2.45) is 0 Å². The molecule has 0 atom stereocenters. The second-order valence-electron chi connectivity index (χ2n) is 7.31. The monoisotopic (exact) mass is 446 g/mol. The Kier molecular flexibility index (Phi) is 6.99. The third kappa shape index (κ3) is 5.20. The van der Waals surface area contributed by atoms with Gasteiger partial charge in [0.05, 0.1) is 37.9 Å². The Balaban J connectivity index is 1.36. The van der Waals surface area contributed by atoms with Gasteiger partial charge in [-0.15, -0.1) is 0 Å². The molecule has 0 radical (unpaired) electrons. The number of carbonyl (C=O) groups excluding carboxylic acids is 1. The zero-order chi connectivity index (χ0) is 23.0. The first-order valence-electron chi connectivity index (χ1n) is 10.6. The lowest BCUT2D eigenvalue weighted by atomic mass is 10.1. The van der Waals surface area contributed by atoms with Crippen molar-refractivity contribution >= 4 is 22.8 Å². The van der Waals surface area contributed by atoms with E-state index in [0.717, 1.165) is 24.2 Å². The first-order chi connectivity index (χ1) is 16.2. The summed E-state index contributed by atoms with van der Waals surface area (Å²) in [6.07, 6.45) is 4.15. The van der Waals surface area contributed by atoms with Gasteiger partial charge in [0.25, 0.3) is 5.91 Å². The molecular formula is C24H26N6O3. The van der Waals surface area contributed by atoms with Crippen LogP contribution in [0.15, 0.2) is 61.1 Å². The zero-order valence-electron chi connectivity index (χ0n) is 18.6. The second kappa shape index (κ2) is 10.4. The van der Waals surface area contributed by atoms with Gasteiger partial charge in [0, 0.05) is 19.2 Å². The zero-order valence-corrected chi connectivity index (χ0v) is 18.6. The topological polar surface area (TPSA) is 103 Å². The maximum absolute atomic E-state index is 12.6. The average molecular weight is 447 g/mol. The lowest BCUT2D eigenvalue weighted by Crippen LogP contribution is -2.28. The van der Waals surface area contributed by atoms with Crippen molar-refractivity contribution in [1.82, 2.24) is 25.1 Å². The third-order valence-electron chi connectivity index (χ3n) is 5.25. The summed E-state index contributed by atoms with van der Waals surface area (Å²) in [5.41, 5.74) is 2.41. The molecule has 0 saturated carbocycles. The molecule has 1 amide bonds. The number of anilines is 1. The molecule has 0 saturated heterocycles. The van der Waals surface area contributed by atoms with E-state index in [1.165, 1.54) is 19.0 Å². The van der Waals surface area contributed by atoms with Gasteiger partial charge in [0.2, 0.25) is 0 Å². The number of hydrogen-bond donors (Lipinski definition) is 2. The predicted molar refractivity (Wildman–Crippen MR) is 126 cm³/mol. The van der Waals surface area contributed by atoms with E-state index in [4.69, 9.17) is 9.47 Å². The molecule has 170 valence electrons. The number of aromatic nitrogens is 4. The van der Waals surface area contributed by atoms with Crippen molar-refractivity contribution in [2.75, 3.05) is 32.6 Å². The molecule has 0 fully saturated rings. The Morgan fingerprint density at radius 3 is 2.67 bits per heavy atom. The normalized spacial score (nSPS) is 10.7. The van der Waals surface area contributed by atoms with Crippen molar-refractivity contribution < 1.29 is 14.3 Å². The highest BCUT2D eigenvalue weighted by Crippen LogP contribution is 2.24. The molecule has 0 aliphatic heterocycles. The number of rotatable bonds is 10. The van der Waals surface area contributed by atoms with Crippen LogP contribution in [-0.2, 0) is 13.0 Å². The lowest BCUT2D eigenvalue weighted by Gasteiger charge is -2.11. The molecule has 0 aliphatic carbocycles. The number of fused-ring (bicyclic) bond motifs is 1. The molecule has 4 aromatic rings. The van der Waals surface area contributed by atoms with Crippen LogP contribution in [0.25, 0.3) is 11.0 Å². The minimum absolute atomic E-state index is 0.233. The number of amides is 1. The van der Waals surface area contributed by atoms with Gasteiger partial charge < -0.3 is 20.1 Å². The summed E-state index contributed by atoms with van der Waals surface area (Å²) in [6, 6.07) is 15.4. The van der Waals surface area contributed by atoms with E-state index in [1.54, 1.807) is 36.2 Å². The maximum atomic E-state index is 12.6. The number of hydrogen-bond acceptors (Lipinski definition) is 7. The van der Waals surface area contributed by atoms with Gasteiger partial charge in [-0.1, -0.05) is 30.3 Å². The van der Waals surface area contributed by atoms with Crippen LogP contribution in [0.5, 0.6) is 11.5 Å². The van der Waals surface area contributed by atoms with Gasteiger partial charge in [-0.2, -0.15) is 5.10 Å². The molecule has 4 rings (SSSR count). The van der Waals surface area contributed by atoms with Crippen molar-refractivity contribution in [1.29, 1.82) is 0 Å². The highest BCUT2D eigenvalue weighted by molar-refractivity contribution is 5.97. The van der Waals surface area contributed by atoms with Gasteiger partial charge >= 0.3 is 0 Å². The lowest BCUT2D eigenvalue weighted by molar-refractivity contribution is 0.0949. The van der Waals surface area contributed by atoms with Crippen LogP contribution >= 0.6 is 0 Å². The number of carbonyl (C=O) groups is 1. The highest BCUT2D eigenvalue weighted by atomic mass is 16.5. The molecule has 0 unspecified atom stereocenters. The molecule has 2 heterocycles. The van der Waals surface area contributed by atoms with E-state index >= 15 is 0 Å².